The Morgan fingerprint density at radius 3 is 3.00 bits per heavy atom. The highest BCUT2D eigenvalue weighted by Gasteiger charge is 1.93. The Bertz CT molecular complexity index is 342. The summed E-state index contributed by atoms with van der Waals surface area (Å²) in [6, 6.07) is 3.73. The average Bonchev–Trinajstić information content (AvgIpc) is 2.69. The van der Waals surface area contributed by atoms with Gasteiger partial charge in [0.05, 0.1) is 12.2 Å². The third-order valence-corrected chi connectivity index (χ3v) is 1.60. The first kappa shape index (κ1) is 7.72. The molecule has 0 fully saturated rings. The Kier molecular flexibility index (Phi) is 2.18. The van der Waals surface area contributed by atoms with Crippen molar-refractivity contribution >= 4 is 5.82 Å². The molecule has 2 N–H and O–H groups in total. The van der Waals surface area contributed by atoms with Gasteiger partial charge in [0, 0.05) is 12.4 Å². The highest BCUT2D eigenvalue weighted by atomic mass is 15.1. The van der Waals surface area contributed by atoms with Crippen molar-refractivity contribution in [3.05, 3.63) is 36.5 Å². The van der Waals surface area contributed by atoms with Crippen LogP contribution >= 0.6 is 0 Å². The van der Waals surface area contributed by atoms with Crippen LogP contribution in [-0.2, 0) is 6.54 Å². The van der Waals surface area contributed by atoms with Crippen LogP contribution in [0.2, 0.25) is 0 Å². The van der Waals surface area contributed by atoms with Crippen LogP contribution in [0.5, 0.6) is 0 Å². The van der Waals surface area contributed by atoms with Gasteiger partial charge in [-0.2, -0.15) is 5.10 Å². The Labute approximate surface area is 75.2 Å². The third kappa shape index (κ3) is 2.02. The smallest absolute Gasteiger partial charge is 0.129 e. The highest BCUT2D eigenvalue weighted by molar-refractivity contribution is 5.31. The van der Waals surface area contributed by atoms with Crippen LogP contribution in [-0.4, -0.2) is 20.2 Å². The van der Waals surface area contributed by atoms with E-state index in [1.54, 1.807) is 12.4 Å². The lowest BCUT2D eigenvalue weighted by atomic mass is 10.4. The van der Waals surface area contributed by atoms with Crippen molar-refractivity contribution in [2.24, 2.45) is 0 Å². The summed E-state index contributed by atoms with van der Waals surface area (Å²) in [7, 11) is 0. The predicted octanol–water partition coefficient (Wildman–Crippen LogP) is 0.812. The number of hydrogen-bond acceptors (Lipinski definition) is 4. The first-order chi connectivity index (χ1) is 6.45. The van der Waals surface area contributed by atoms with Gasteiger partial charge in [-0.05, 0) is 12.1 Å². The van der Waals surface area contributed by atoms with E-state index in [9.17, 15) is 0 Å². The van der Waals surface area contributed by atoms with E-state index in [4.69, 9.17) is 0 Å². The topological polar surface area (TPSA) is 66.5 Å². The van der Waals surface area contributed by atoms with Crippen molar-refractivity contribution in [3.63, 3.8) is 0 Å². The molecule has 0 saturated heterocycles. The number of aromatic amines is 1. The minimum absolute atomic E-state index is 0.691. The van der Waals surface area contributed by atoms with Gasteiger partial charge in [-0.25, -0.2) is 9.97 Å². The molecule has 0 spiro atoms. The van der Waals surface area contributed by atoms with Gasteiger partial charge in [-0.1, -0.05) is 0 Å². The van der Waals surface area contributed by atoms with Gasteiger partial charge >= 0.3 is 0 Å². The van der Waals surface area contributed by atoms with E-state index in [1.165, 1.54) is 6.33 Å². The third-order valence-electron chi connectivity index (χ3n) is 1.60. The molecule has 2 aromatic rings. The van der Waals surface area contributed by atoms with E-state index in [0.717, 1.165) is 11.5 Å². The van der Waals surface area contributed by atoms with Crippen LogP contribution < -0.4 is 5.32 Å². The van der Waals surface area contributed by atoms with Gasteiger partial charge in [0.2, 0.25) is 0 Å². The van der Waals surface area contributed by atoms with E-state index in [-0.39, 0.29) is 0 Å². The number of rotatable bonds is 3. The van der Waals surface area contributed by atoms with E-state index in [2.05, 4.69) is 25.5 Å². The van der Waals surface area contributed by atoms with E-state index in [1.807, 2.05) is 12.1 Å². The number of nitrogens with zero attached hydrogens (tertiary/aromatic N) is 3. The minimum Gasteiger partial charge on any atom is -0.364 e. The summed E-state index contributed by atoms with van der Waals surface area (Å²) in [4.78, 5) is 7.84. The number of hydrogen-bond donors (Lipinski definition) is 2. The molecule has 5 heteroatoms. The summed E-state index contributed by atoms with van der Waals surface area (Å²) < 4.78 is 0. The lowest BCUT2D eigenvalue weighted by Gasteiger charge is -2.01. The Balaban J connectivity index is 1.94. The maximum Gasteiger partial charge on any atom is 0.129 e. The molecule has 0 bridgehead atoms. The summed E-state index contributed by atoms with van der Waals surface area (Å²) in [6.07, 6.45) is 4.93. The first-order valence-electron chi connectivity index (χ1n) is 3.93. The fourth-order valence-electron chi connectivity index (χ4n) is 0.964. The normalized spacial score (nSPS) is 9.85. The molecular weight excluding hydrogens is 166 g/mol. The van der Waals surface area contributed by atoms with Gasteiger partial charge in [-0.3, -0.25) is 5.10 Å². The second-order valence-corrected chi connectivity index (χ2v) is 2.53. The van der Waals surface area contributed by atoms with E-state index < -0.39 is 0 Å². The second kappa shape index (κ2) is 3.66. The summed E-state index contributed by atoms with van der Waals surface area (Å²) in [6.45, 7) is 0.691. The lowest BCUT2D eigenvalue weighted by molar-refractivity contribution is 0.971. The zero-order chi connectivity index (χ0) is 8.93. The summed E-state index contributed by atoms with van der Waals surface area (Å²) in [5.41, 5.74) is 1.03. The molecule has 13 heavy (non-hydrogen) atoms. The van der Waals surface area contributed by atoms with Crippen molar-refractivity contribution < 1.29 is 0 Å². The minimum atomic E-state index is 0.691. The van der Waals surface area contributed by atoms with Gasteiger partial charge < -0.3 is 5.32 Å². The molecule has 0 aliphatic heterocycles. The van der Waals surface area contributed by atoms with E-state index >= 15 is 0 Å². The Hall–Kier alpha value is -1.91. The molecule has 0 aliphatic rings. The fourth-order valence-corrected chi connectivity index (χ4v) is 0.964. The van der Waals surface area contributed by atoms with Crippen molar-refractivity contribution in [1.29, 1.82) is 0 Å². The molecular formula is C8H9N5. The number of anilines is 1. The van der Waals surface area contributed by atoms with Gasteiger partial charge in [0.25, 0.3) is 0 Å². The predicted molar refractivity (Wildman–Crippen MR) is 47.9 cm³/mol. The van der Waals surface area contributed by atoms with E-state index in [0.29, 0.717) is 6.54 Å². The number of H-pyrrole nitrogens is 1. The second-order valence-electron chi connectivity index (χ2n) is 2.53. The zero-order valence-electron chi connectivity index (χ0n) is 6.94. The largest absolute Gasteiger partial charge is 0.364 e. The number of aromatic nitrogens is 4. The molecule has 0 radical (unpaired) electrons. The summed E-state index contributed by atoms with van der Waals surface area (Å²) in [5.74, 6) is 0.810. The van der Waals surface area contributed by atoms with Gasteiger partial charge in [0.15, 0.2) is 0 Å². The zero-order valence-corrected chi connectivity index (χ0v) is 6.94. The molecule has 2 rings (SSSR count). The first-order valence-corrected chi connectivity index (χ1v) is 3.93. The molecule has 0 aliphatic carbocycles. The van der Waals surface area contributed by atoms with Crippen molar-refractivity contribution in [3.8, 4) is 0 Å². The molecule has 0 saturated carbocycles. The maximum atomic E-state index is 4.02. The van der Waals surface area contributed by atoms with Crippen LogP contribution in [0.4, 0.5) is 5.82 Å². The monoisotopic (exact) mass is 175 g/mol. The molecule has 2 heterocycles. The quantitative estimate of drug-likeness (QED) is 0.724. The standard InChI is InChI=1S/C8H9N5/c1-4-12-13-7(1)5-10-8-2-3-9-6-11-8/h1-4,6H,5H2,(H,12,13)(H,9,10,11). The van der Waals surface area contributed by atoms with Gasteiger partial charge in [-0.15, -0.1) is 0 Å². The molecule has 66 valence electrons. The highest BCUT2D eigenvalue weighted by Crippen LogP contribution is 2.00. The van der Waals surface area contributed by atoms with Crippen LogP contribution in [0, 0.1) is 0 Å². The lowest BCUT2D eigenvalue weighted by Crippen LogP contribution is -2.01. The Morgan fingerprint density at radius 2 is 2.31 bits per heavy atom. The molecule has 0 atom stereocenters. The summed E-state index contributed by atoms with van der Waals surface area (Å²) in [5, 5.41) is 9.81. The fraction of sp³-hybridized carbons (Fsp3) is 0.125. The van der Waals surface area contributed by atoms with Crippen LogP contribution in [0.25, 0.3) is 0 Å². The summed E-state index contributed by atoms with van der Waals surface area (Å²) >= 11 is 0. The van der Waals surface area contributed by atoms with Crippen molar-refractivity contribution in [2.75, 3.05) is 5.32 Å². The number of nitrogens with one attached hydrogen (secondary N) is 2. The van der Waals surface area contributed by atoms with Crippen molar-refractivity contribution in [1.82, 2.24) is 20.2 Å². The van der Waals surface area contributed by atoms with Crippen LogP contribution in [0.1, 0.15) is 5.69 Å². The van der Waals surface area contributed by atoms with Crippen molar-refractivity contribution in [2.45, 2.75) is 6.54 Å². The van der Waals surface area contributed by atoms with Gasteiger partial charge in [0.1, 0.15) is 12.1 Å². The average molecular weight is 175 g/mol. The van der Waals surface area contributed by atoms with Crippen LogP contribution in [0.3, 0.4) is 0 Å². The maximum absolute atomic E-state index is 4.02. The SMILES string of the molecule is c1cc(NCc2ccn[nH]2)ncn1. The molecule has 0 aromatic carbocycles. The molecule has 0 unspecified atom stereocenters. The van der Waals surface area contributed by atoms with Crippen LogP contribution in [0.15, 0.2) is 30.9 Å². The molecule has 5 nitrogen and oxygen atoms in total. The molecule has 2 aromatic heterocycles. The Morgan fingerprint density at radius 1 is 1.31 bits per heavy atom. The molecule has 0 amide bonds.